The Bertz CT molecular complexity index is 1040. The quantitative estimate of drug-likeness (QED) is 0.453. The molecule has 31 heavy (non-hydrogen) atoms. The molecule has 2 rings (SSSR count). The Morgan fingerprint density at radius 2 is 1.87 bits per heavy atom. The number of sulfone groups is 1. The van der Waals surface area contributed by atoms with E-state index in [9.17, 15) is 22.4 Å². The second-order valence-electron chi connectivity index (χ2n) is 7.73. The van der Waals surface area contributed by atoms with Crippen molar-refractivity contribution in [3.63, 3.8) is 0 Å². The van der Waals surface area contributed by atoms with Gasteiger partial charge in [0.25, 0.3) is 0 Å². The van der Waals surface area contributed by atoms with Crippen molar-refractivity contribution < 1.29 is 37.0 Å². The molecule has 1 heterocycles. The summed E-state index contributed by atoms with van der Waals surface area (Å²) < 4.78 is 49.8. The molecule has 1 aromatic carbocycles. The molecule has 0 atom stereocenters. The largest absolute Gasteiger partial charge is 0.491 e. The molecule has 0 saturated heterocycles. The Hall–Kier alpha value is -3.01. The first kappa shape index (κ1) is 24.3. The van der Waals surface area contributed by atoms with Gasteiger partial charge in [-0.15, -0.1) is 0 Å². The number of hydrogen-bond acceptors (Lipinski definition) is 7. The molecule has 0 spiro atoms. The van der Waals surface area contributed by atoms with Crippen LogP contribution in [0.2, 0.25) is 0 Å². The molecular weight excluding hydrogens is 429 g/mol. The lowest BCUT2D eigenvalue weighted by molar-refractivity contribution is -0.155. The number of carboxylic acid groups (broad SMARTS) is 1. The number of benzene rings is 1. The SMILES string of the molecule is CC(C)(C)OC(=O)CCCOc1ccc(S(=O)(=O)Cc2ccc(C(=O)O)cn2)cc1F. The maximum Gasteiger partial charge on any atom is 0.337 e. The smallest absolute Gasteiger partial charge is 0.337 e. The third-order valence-corrected chi connectivity index (χ3v) is 5.52. The predicted octanol–water partition coefficient (Wildman–Crippen LogP) is 3.39. The standard InChI is InChI=1S/C21H24FNO7S/c1-21(2,3)30-19(24)5-4-10-29-18-9-8-16(11-17(18)22)31(27,28)13-15-7-6-14(12-23-15)20(25)26/h6-9,11-12H,4-5,10,13H2,1-3H3,(H,25,26). The van der Waals surface area contributed by atoms with Gasteiger partial charge in [0.1, 0.15) is 5.60 Å². The Morgan fingerprint density at radius 3 is 2.42 bits per heavy atom. The van der Waals surface area contributed by atoms with Crippen molar-refractivity contribution >= 4 is 21.8 Å². The van der Waals surface area contributed by atoms with Crippen molar-refractivity contribution in [2.75, 3.05) is 6.61 Å². The summed E-state index contributed by atoms with van der Waals surface area (Å²) in [5.41, 5.74) is -0.521. The average Bonchev–Trinajstić information content (AvgIpc) is 2.65. The number of carboxylic acids is 1. The van der Waals surface area contributed by atoms with E-state index in [1.165, 1.54) is 24.3 Å². The molecule has 0 aliphatic rings. The molecule has 1 N–H and O–H groups in total. The van der Waals surface area contributed by atoms with E-state index in [0.717, 1.165) is 12.3 Å². The summed E-state index contributed by atoms with van der Waals surface area (Å²) in [6.45, 7) is 5.33. The topological polar surface area (TPSA) is 120 Å². The van der Waals surface area contributed by atoms with Crippen molar-refractivity contribution in [3.8, 4) is 5.75 Å². The van der Waals surface area contributed by atoms with Crippen molar-refractivity contribution in [3.05, 3.63) is 53.6 Å². The lowest BCUT2D eigenvalue weighted by Crippen LogP contribution is -2.24. The fraction of sp³-hybridized carbons (Fsp3) is 0.381. The van der Waals surface area contributed by atoms with Gasteiger partial charge in [0.05, 0.1) is 28.5 Å². The van der Waals surface area contributed by atoms with Crippen LogP contribution in [0.25, 0.3) is 0 Å². The third kappa shape index (κ3) is 7.63. The Kier molecular flexibility index (Phi) is 7.72. The van der Waals surface area contributed by atoms with Crippen LogP contribution in [0.5, 0.6) is 5.75 Å². The fourth-order valence-corrected chi connectivity index (χ4v) is 3.78. The van der Waals surface area contributed by atoms with Crippen LogP contribution in [0.3, 0.4) is 0 Å². The number of rotatable bonds is 9. The highest BCUT2D eigenvalue weighted by atomic mass is 32.2. The first-order valence-corrected chi connectivity index (χ1v) is 11.1. The second-order valence-corrected chi connectivity index (χ2v) is 9.72. The molecule has 1 aromatic heterocycles. The van der Waals surface area contributed by atoms with Gasteiger partial charge in [-0.25, -0.2) is 17.6 Å². The number of carbonyl (C=O) groups excluding carboxylic acids is 1. The van der Waals surface area contributed by atoms with Gasteiger partial charge < -0.3 is 14.6 Å². The lowest BCUT2D eigenvalue weighted by Gasteiger charge is -2.19. The zero-order chi connectivity index (χ0) is 23.2. The molecule has 0 bridgehead atoms. The zero-order valence-electron chi connectivity index (χ0n) is 17.4. The molecule has 2 aromatic rings. The van der Waals surface area contributed by atoms with Gasteiger partial charge in [0.2, 0.25) is 0 Å². The van der Waals surface area contributed by atoms with Gasteiger partial charge in [-0.05, 0) is 57.5 Å². The van der Waals surface area contributed by atoms with Gasteiger partial charge in [0.15, 0.2) is 21.4 Å². The van der Waals surface area contributed by atoms with Crippen LogP contribution in [0.4, 0.5) is 4.39 Å². The van der Waals surface area contributed by atoms with Gasteiger partial charge in [-0.3, -0.25) is 9.78 Å². The van der Waals surface area contributed by atoms with Crippen LogP contribution in [0.1, 0.15) is 49.7 Å². The zero-order valence-corrected chi connectivity index (χ0v) is 18.2. The van der Waals surface area contributed by atoms with Crippen LogP contribution in [-0.4, -0.2) is 42.7 Å². The van der Waals surface area contributed by atoms with E-state index < -0.39 is 33.0 Å². The number of nitrogens with zero attached hydrogens (tertiary/aromatic N) is 1. The molecule has 168 valence electrons. The monoisotopic (exact) mass is 453 g/mol. The minimum atomic E-state index is -3.91. The Morgan fingerprint density at radius 1 is 1.16 bits per heavy atom. The van der Waals surface area contributed by atoms with E-state index >= 15 is 0 Å². The van der Waals surface area contributed by atoms with Crippen LogP contribution in [0, 0.1) is 5.82 Å². The number of pyridine rings is 1. The number of halogens is 1. The number of aromatic nitrogens is 1. The third-order valence-electron chi connectivity index (χ3n) is 3.87. The van der Waals surface area contributed by atoms with Crippen LogP contribution < -0.4 is 4.74 Å². The average molecular weight is 453 g/mol. The number of carbonyl (C=O) groups is 2. The van der Waals surface area contributed by atoms with E-state index in [2.05, 4.69) is 4.98 Å². The highest BCUT2D eigenvalue weighted by Gasteiger charge is 2.19. The van der Waals surface area contributed by atoms with E-state index in [1.54, 1.807) is 20.8 Å². The lowest BCUT2D eigenvalue weighted by atomic mass is 10.2. The number of hydrogen-bond donors (Lipinski definition) is 1. The van der Waals surface area contributed by atoms with Crippen molar-refractivity contribution in [2.24, 2.45) is 0 Å². The van der Waals surface area contributed by atoms with E-state index in [4.69, 9.17) is 14.6 Å². The van der Waals surface area contributed by atoms with Crippen molar-refractivity contribution in [2.45, 2.75) is 49.9 Å². The summed E-state index contributed by atoms with van der Waals surface area (Å²) in [5.74, 6) is -3.06. The molecule has 8 nitrogen and oxygen atoms in total. The van der Waals surface area contributed by atoms with E-state index in [0.29, 0.717) is 6.42 Å². The summed E-state index contributed by atoms with van der Waals surface area (Å²) in [4.78, 5) is 26.0. The molecule has 10 heteroatoms. The molecule has 0 saturated carbocycles. The fourth-order valence-electron chi connectivity index (χ4n) is 2.50. The van der Waals surface area contributed by atoms with Gasteiger partial charge in [0, 0.05) is 12.6 Å². The molecular formula is C21H24FNO7S. The molecule has 0 aliphatic carbocycles. The minimum Gasteiger partial charge on any atom is -0.491 e. The summed E-state index contributed by atoms with van der Waals surface area (Å²) >= 11 is 0. The highest BCUT2D eigenvalue weighted by Crippen LogP contribution is 2.24. The minimum absolute atomic E-state index is 0.0576. The van der Waals surface area contributed by atoms with Crippen LogP contribution in [-0.2, 0) is 25.1 Å². The van der Waals surface area contributed by atoms with E-state index in [1.807, 2.05) is 0 Å². The first-order valence-electron chi connectivity index (χ1n) is 9.42. The van der Waals surface area contributed by atoms with Gasteiger partial charge in [-0.2, -0.15) is 0 Å². The predicted molar refractivity (Wildman–Crippen MR) is 109 cm³/mol. The van der Waals surface area contributed by atoms with Crippen molar-refractivity contribution in [1.29, 1.82) is 0 Å². The number of aromatic carboxylic acids is 1. The molecule has 0 radical (unpaired) electrons. The first-order chi connectivity index (χ1) is 14.4. The Balaban J connectivity index is 1.96. The molecule has 0 fully saturated rings. The van der Waals surface area contributed by atoms with Crippen LogP contribution >= 0.6 is 0 Å². The van der Waals surface area contributed by atoms with Crippen molar-refractivity contribution in [1.82, 2.24) is 4.98 Å². The summed E-state index contributed by atoms with van der Waals surface area (Å²) in [5, 5.41) is 8.86. The molecule has 0 amide bonds. The normalized spacial score (nSPS) is 11.7. The maximum absolute atomic E-state index is 14.3. The number of esters is 1. The van der Waals surface area contributed by atoms with Gasteiger partial charge in [-0.1, -0.05) is 0 Å². The number of ether oxygens (including phenoxy) is 2. The highest BCUT2D eigenvalue weighted by molar-refractivity contribution is 7.90. The second kappa shape index (κ2) is 9.86. The summed E-state index contributed by atoms with van der Waals surface area (Å²) in [7, 11) is -3.91. The Labute approximate surface area is 179 Å². The molecule has 0 unspecified atom stereocenters. The van der Waals surface area contributed by atoms with E-state index in [-0.39, 0.29) is 40.9 Å². The maximum atomic E-state index is 14.3. The summed E-state index contributed by atoms with van der Waals surface area (Å²) in [6, 6.07) is 5.81. The van der Waals surface area contributed by atoms with Gasteiger partial charge >= 0.3 is 11.9 Å². The van der Waals surface area contributed by atoms with Crippen LogP contribution in [0.15, 0.2) is 41.4 Å². The molecule has 0 aliphatic heterocycles. The summed E-state index contributed by atoms with van der Waals surface area (Å²) in [6.07, 6.45) is 1.48.